The summed E-state index contributed by atoms with van der Waals surface area (Å²) >= 11 is 0. The zero-order chi connectivity index (χ0) is 12.1. The summed E-state index contributed by atoms with van der Waals surface area (Å²) in [7, 11) is 0. The average Bonchev–Trinajstić information content (AvgIpc) is 2.82. The molecule has 0 radical (unpaired) electrons. The molecule has 1 aliphatic carbocycles. The van der Waals surface area contributed by atoms with Crippen LogP contribution in [0.15, 0.2) is 24.5 Å². The van der Waals surface area contributed by atoms with Gasteiger partial charge in [0.1, 0.15) is 0 Å². The highest BCUT2D eigenvalue weighted by Gasteiger charge is 2.26. The Morgan fingerprint density at radius 2 is 2.24 bits per heavy atom. The minimum absolute atomic E-state index is 0.277. The smallest absolute Gasteiger partial charge is 0.303 e. The van der Waals surface area contributed by atoms with Crippen LogP contribution in [-0.4, -0.2) is 16.1 Å². The van der Waals surface area contributed by atoms with Crippen LogP contribution in [0.3, 0.4) is 0 Å². The molecule has 92 valence electrons. The third kappa shape index (κ3) is 3.55. The third-order valence-corrected chi connectivity index (χ3v) is 3.72. The standard InChI is InChI=1S/C14H19NO2/c16-14(17)9-13(12-5-1-2-6-12)8-11-4-3-7-15-10-11/h3-4,7,10,12-13H,1-2,5-6,8-9H2,(H,16,17). The van der Waals surface area contributed by atoms with Gasteiger partial charge in [-0.05, 0) is 29.9 Å². The van der Waals surface area contributed by atoms with Gasteiger partial charge in [-0.15, -0.1) is 0 Å². The lowest BCUT2D eigenvalue weighted by molar-refractivity contribution is -0.138. The molecule has 1 saturated carbocycles. The predicted molar refractivity (Wildman–Crippen MR) is 65.6 cm³/mol. The first-order valence-electron chi connectivity index (χ1n) is 6.36. The zero-order valence-electron chi connectivity index (χ0n) is 10.0. The first-order chi connectivity index (χ1) is 8.25. The summed E-state index contributed by atoms with van der Waals surface area (Å²) in [6.07, 6.45) is 9.65. The number of hydrogen-bond donors (Lipinski definition) is 1. The van der Waals surface area contributed by atoms with Crippen molar-refractivity contribution in [2.75, 3.05) is 0 Å². The van der Waals surface area contributed by atoms with Gasteiger partial charge in [-0.25, -0.2) is 0 Å². The van der Waals surface area contributed by atoms with E-state index in [2.05, 4.69) is 4.98 Å². The largest absolute Gasteiger partial charge is 0.481 e. The highest BCUT2D eigenvalue weighted by atomic mass is 16.4. The number of rotatable bonds is 5. The van der Waals surface area contributed by atoms with E-state index in [0.29, 0.717) is 12.3 Å². The molecule has 0 aliphatic heterocycles. The van der Waals surface area contributed by atoms with Gasteiger partial charge >= 0.3 is 5.97 Å². The van der Waals surface area contributed by atoms with E-state index in [-0.39, 0.29) is 5.92 Å². The molecule has 0 aromatic carbocycles. The van der Waals surface area contributed by atoms with Crippen LogP contribution in [0.1, 0.15) is 37.7 Å². The van der Waals surface area contributed by atoms with E-state index in [9.17, 15) is 4.79 Å². The number of carboxylic acids is 1. The molecule has 0 spiro atoms. The van der Waals surface area contributed by atoms with Crippen molar-refractivity contribution in [3.8, 4) is 0 Å². The van der Waals surface area contributed by atoms with Crippen molar-refractivity contribution < 1.29 is 9.90 Å². The molecule has 0 bridgehead atoms. The Balaban J connectivity index is 2.02. The molecule has 1 unspecified atom stereocenters. The summed E-state index contributed by atoms with van der Waals surface area (Å²) in [6.45, 7) is 0. The van der Waals surface area contributed by atoms with Gasteiger partial charge in [-0.2, -0.15) is 0 Å². The van der Waals surface area contributed by atoms with Crippen molar-refractivity contribution in [1.29, 1.82) is 0 Å². The van der Waals surface area contributed by atoms with Crippen LogP contribution >= 0.6 is 0 Å². The summed E-state index contributed by atoms with van der Waals surface area (Å²) < 4.78 is 0. The fraction of sp³-hybridized carbons (Fsp3) is 0.571. The van der Waals surface area contributed by atoms with E-state index in [1.807, 2.05) is 18.3 Å². The van der Waals surface area contributed by atoms with Crippen molar-refractivity contribution in [2.24, 2.45) is 11.8 Å². The second-order valence-corrected chi connectivity index (χ2v) is 4.97. The first-order valence-corrected chi connectivity index (χ1v) is 6.36. The lowest BCUT2D eigenvalue weighted by Crippen LogP contribution is -2.18. The molecule has 1 fully saturated rings. The Labute approximate surface area is 102 Å². The third-order valence-electron chi connectivity index (χ3n) is 3.72. The number of pyridine rings is 1. The van der Waals surface area contributed by atoms with Crippen LogP contribution in [0.5, 0.6) is 0 Å². The van der Waals surface area contributed by atoms with E-state index >= 15 is 0 Å². The molecule has 1 aliphatic rings. The van der Waals surface area contributed by atoms with Crippen LogP contribution < -0.4 is 0 Å². The maximum atomic E-state index is 10.9. The molecule has 2 rings (SSSR count). The first kappa shape index (κ1) is 12.1. The predicted octanol–water partition coefficient (Wildman–Crippen LogP) is 2.91. The summed E-state index contributed by atoms with van der Waals surface area (Å²) in [5.41, 5.74) is 1.16. The van der Waals surface area contributed by atoms with E-state index in [4.69, 9.17) is 5.11 Å². The summed E-state index contributed by atoms with van der Waals surface area (Å²) in [6, 6.07) is 3.96. The fourth-order valence-corrected chi connectivity index (χ4v) is 2.88. The minimum atomic E-state index is -0.675. The molecule has 17 heavy (non-hydrogen) atoms. The molecular formula is C14H19NO2. The van der Waals surface area contributed by atoms with Crippen LogP contribution in [0.25, 0.3) is 0 Å². The number of aliphatic carboxylic acids is 1. The average molecular weight is 233 g/mol. The van der Waals surface area contributed by atoms with E-state index in [0.717, 1.165) is 12.0 Å². The van der Waals surface area contributed by atoms with Crippen LogP contribution in [-0.2, 0) is 11.2 Å². The van der Waals surface area contributed by atoms with E-state index in [1.54, 1.807) is 6.20 Å². The summed E-state index contributed by atoms with van der Waals surface area (Å²) in [5, 5.41) is 9.01. The van der Waals surface area contributed by atoms with Gasteiger partial charge in [0.2, 0.25) is 0 Å². The van der Waals surface area contributed by atoms with Crippen LogP contribution in [0, 0.1) is 11.8 Å². The summed E-state index contributed by atoms with van der Waals surface area (Å²) in [4.78, 5) is 15.0. The molecule has 3 nitrogen and oxygen atoms in total. The second kappa shape index (κ2) is 5.80. The van der Waals surface area contributed by atoms with E-state index < -0.39 is 5.97 Å². The zero-order valence-corrected chi connectivity index (χ0v) is 10.0. The molecule has 1 atom stereocenters. The molecule has 1 heterocycles. The quantitative estimate of drug-likeness (QED) is 0.850. The van der Waals surface area contributed by atoms with Gasteiger partial charge in [0.25, 0.3) is 0 Å². The minimum Gasteiger partial charge on any atom is -0.481 e. The lowest BCUT2D eigenvalue weighted by atomic mass is 9.83. The second-order valence-electron chi connectivity index (χ2n) is 4.97. The van der Waals surface area contributed by atoms with Crippen molar-refractivity contribution >= 4 is 5.97 Å². The SMILES string of the molecule is O=C(O)CC(Cc1cccnc1)C1CCCC1. The normalized spacial score (nSPS) is 18.1. The molecule has 1 N–H and O–H groups in total. The highest BCUT2D eigenvalue weighted by Crippen LogP contribution is 2.34. The molecule has 1 aromatic heterocycles. The Kier molecular flexibility index (Phi) is 4.13. The number of carbonyl (C=O) groups is 1. The Bertz CT molecular complexity index is 358. The fourth-order valence-electron chi connectivity index (χ4n) is 2.88. The number of carboxylic acid groups (broad SMARTS) is 1. The topological polar surface area (TPSA) is 50.2 Å². The molecule has 3 heteroatoms. The Morgan fingerprint density at radius 3 is 2.82 bits per heavy atom. The highest BCUT2D eigenvalue weighted by molar-refractivity contribution is 5.67. The van der Waals surface area contributed by atoms with Crippen LogP contribution in [0.4, 0.5) is 0 Å². The number of aromatic nitrogens is 1. The number of nitrogens with zero attached hydrogens (tertiary/aromatic N) is 1. The summed E-state index contributed by atoms with van der Waals surface area (Å²) in [5.74, 6) is 0.191. The lowest BCUT2D eigenvalue weighted by Gasteiger charge is -2.21. The Hall–Kier alpha value is -1.38. The van der Waals surface area contributed by atoms with Crippen LogP contribution in [0.2, 0.25) is 0 Å². The maximum Gasteiger partial charge on any atom is 0.303 e. The van der Waals surface area contributed by atoms with Gasteiger partial charge in [-0.1, -0.05) is 31.7 Å². The van der Waals surface area contributed by atoms with Gasteiger partial charge < -0.3 is 5.11 Å². The van der Waals surface area contributed by atoms with Crippen molar-refractivity contribution in [3.63, 3.8) is 0 Å². The van der Waals surface area contributed by atoms with Crippen molar-refractivity contribution in [2.45, 2.75) is 38.5 Å². The van der Waals surface area contributed by atoms with Crippen molar-refractivity contribution in [3.05, 3.63) is 30.1 Å². The van der Waals surface area contributed by atoms with E-state index in [1.165, 1.54) is 25.7 Å². The maximum absolute atomic E-state index is 10.9. The van der Waals surface area contributed by atoms with Gasteiger partial charge in [0.05, 0.1) is 0 Å². The van der Waals surface area contributed by atoms with Gasteiger partial charge in [-0.3, -0.25) is 9.78 Å². The molecular weight excluding hydrogens is 214 g/mol. The number of hydrogen-bond acceptors (Lipinski definition) is 2. The van der Waals surface area contributed by atoms with Crippen molar-refractivity contribution in [1.82, 2.24) is 4.98 Å². The Morgan fingerprint density at radius 1 is 1.47 bits per heavy atom. The van der Waals surface area contributed by atoms with Gasteiger partial charge in [0.15, 0.2) is 0 Å². The molecule has 0 saturated heterocycles. The molecule has 0 amide bonds. The van der Waals surface area contributed by atoms with Gasteiger partial charge in [0, 0.05) is 18.8 Å². The monoisotopic (exact) mass is 233 g/mol. The molecule has 1 aromatic rings.